The van der Waals surface area contributed by atoms with E-state index in [1.54, 1.807) is 23.5 Å². The zero-order valence-corrected chi connectivity index (χ0v) is 11.8. The molecule has 0 spiro atoms. The molecule has 90 valence electrons. The number of thiophene rings is 1. The summed E-state index contributed by atoms with van der Waals surface area (Å²) in [4.78, 5) is 0. The summed E-state index contributed by atoms with van der Waals surface area (Å²) >= 11 is 5.11. The van der Waals surface area contributed by atoms with E-state index < -0.39 is 0 Å². The number of hydrogen-bond donors (Lipinski definition) is 1. The van der Waals surface area contributed by atoms with Crippen molar-refractivity contribution in [3.63, 3.8) is 0 Å². The highest BCUT2D eigenvalue weighted by Crippen LogP contribution is 2.21. The standard InChI is InChI=1S/C13H13BrFNS/c1-9(11-3-2-4-12(15)6-11)16-7-10-5-13(14)17-8-10/h2-6,8-9,16H,7H2,1H3/t9-/m1/s1. The van der Waals surface area contributed by atoms with Gasteiger partial charge in [-0.15, -0.1) is 11.3 Å². The molecule has 0 aliphatic rings. The number of halogens is 2. The van der Waals surface area contributed by atoms with Gasteiger partial charge in [-0.25, -0.2) is 4.39 Å². The summed E-state index contributed by atoms with van der Waals surface area (Å²) in [7, 11) is 0. The maximum Gasteiger partial charge on any atom is 0.123 e. The second-order valence-corrected chi connectivity index (χ2v) is 6.21. The van der Waals surface area contributed by atoms with E-state index in [1.165, 1.54) is 11.6 Å². The fraction of sp³-hybridized carbons (Fsp3) is 0.231. The molecule has 1 aromatic carbocycles. The van der Waals surface area contributed by atoms with Gasteiger partial charge in [0.15, 0.2) is 0 Å². The lowest BCUT2D eigenvalue weighted by molar-refractivity contribution is 0.565. The van der Waals surface area contributed by atoms with Gasteiger partial charge in [-0.1, -0.05) is 12.1 Å². The van der Waals surface area contributed by atoms with Crippen molar-refractivity contribution in [1.29, 1.82) is 0 Å². The van der Waals surface area contributed by atoms with Gasteiger partial charge in [0.05, 0.1) is 3.79 Å². The summed E-state index contributed by atoms with van der Waals surface area (Å²) < 4.78 is 14.2. The van der Waals surface area contributed by atoms with Crippen LogP contribution in [0.15, 0.2) is 39.5 Å². The normalized spacial score (nSPS) is 12.6. The maximum absolute atomic E-state index is 13.1. The number of nitrogens with one attached hydrogen (secondary N) is 1. The van der Waals surface area contributed by atoms with E-state index in [-0.39, 0.29) is 11.9 Å². The summed E-state index contributed by atoms with van der Waals surface area (Å²) in [6.07, 6.45) is 0. The molecule has 2 rings (SSSR count). The van der Waals surface area contributed by atoms with E-state index in [2.05, 4.69) is 32.7 Å². The Bertz CT molecular complexity index is 498. The van der Waals surface area contributed by atoms with Gasteiger partial charge < -0.3 is 5.32 Å². The van der Waals surface area contributed by atoms with Crippen LogP contribution in [0.25, 0.3) is 0 Å². The minimum atomic E-state index is -0.186. The van der Waals surface area contributed by atoms with Crippen molar-refractivity contribution in [3.8, 4) is 0 Å². The van der Waals surface area contributed by atoms with Crippen LogP contribution < -0.4 is 5.32 Å². The number of benzene rings is 1. The highest BCUT2D eigenvalue weighted by Gasteiger charge is 2.06. The third-order valence-electron chi connectivity index (χ3n) is 2.58. The Kier molecular flexibility index (Phi) is 4.31. The Morgan fingerprint density at radius 1 is 1.41 bits per heavy atom. The topological polar surface area (TPSA) is 12.0 Å². The van der Waals surface area contributed by atoms with Crippen LogP contribution in [0.5, 0.6) is 0 Å². The summed E-state index contributed by atoms with van der Waals surface area (Å²) in [6, 6.07) is 8.95. The minimum Gasteiger partial charge on any atom is -0.306 e. The van der Waals surface area contributed by atoms with Crippen LogP contribution >= 0.6 is 27.3 Å². The monoisotopic (exact) mass is 313 g/mol. The molecular weight excluding hydrogens is 301 g/mol. The minimum absolute atomic E-state index is 0.143. The molecule has 1 N–H and O–H groups in total. The van der Waals surface area contributed by atoms with Crippen molar-refractivity contribution < 1.29 is 4.39 Å². The second-order valence-electron chi connectivity index (χ2n) is 3.92. The maximum atomic E-state index is 13.1. The zero-order valence-electron chi connectivity index (χ0n) is 9.41. The highest BCUT2D eigenvalue weighted by atomic mass is 79.9. The molecule has 0 unspecified atom stereocenters. The van der Waals surface area contributed by atoms with Gasteiger partial charge in [0, 0.05) is 12.6 Å². The van der Waals surface area contributed by atoms with Crippen LogP contribution in [0.2, 0.25) is 0 Å². The Balaban J connectivity index is 1.95. The summed E-state index contributed by atoms with van der Waals surface area (Å²) in [5, 5.41) is 5.48. The van der Waals surface area contributed by atoms with Gasteiger partial charge in [-0.3, -0.25) is 0 Å². The summed E-state index contributed by atoms with van der Waals surface area (Å²) in [5.74, 6) is -0.186. The molecule has 0 aliphatic carbocycles. The smallest absolute Gasteiger partial charge is 0.123 e. The average molecular weight is 314 g/mol. The third kappa shape index (κ3) is 3.63. The predicted octanol–water partition coefficient (Wildman–Crippen LogP) is 4.50. The van der Waals surface area contributed by atoms with Crippen LogP contribution in [0.1, 0.15) is 24.1 Å². The lowest BCUT2D eigenvalue weighted by Gasteiger charge is -2.13. The molecule has 0 aliphatic heterocycles. The Hall–Kier alpha value is -0.710. The fourth-order valence-electron chi connectivity index (χ4n) is 1.60. The van der Waals surface area contributed by atoms with Crippen molar-refractivity contribution in [1.82, 2.24) is 5.32 Å². The summed E-state index contributed by atoms with van der Waals surface area (Å²) in [6.45, 7) is 2.83. The van der Waals surface area contributed by atoms with Gasteiger partial charge in [-0.2, -0.15) is 0 Å². The molecule has 0 saturated heterocycles. The first-order valence-electron chi connectivity index (χ1n) is 5.37. The van der Waals surface area contributed by atoms with Gasteiger partial charge >= 0.3 is 0 Å². The molecule has 17 heavy (non-hydrogen) atoms. The highest BCUT2D eigenvalue weighted by molar-refractivity contribution is 9.11. The van der Waals surface area contributed by atoms with Crippen molar-refractivity contribution in [2.24, 2.45) is 0 Å². The Morgan fingerprint density at radius 3 is 2.88 bits per heavy atom. The Labute approximate surface area is 113 Å². The fourth-order valence-corrected chi connectivity index (χ4v) is 2.81. The quantitative estimate of drug-likeness (QED) is 0.876. The van der Waals surface area contributed by atoms with E-state index >= 15 is 0 Å². The molecule has 1 nitrogen and oxygen atoms in total. The second kappa shape index (κ2) is 5.76. The molecule has 1 atom stereocenters. The van der Waals surface area contributed by atoms with Crippen LogP contribution in [-0.2, 0) is 6.54 Å². The molecule has 0 fully saturated rings. The van der Waals surface area contributed by atoms with Crippen molar-refractivity contribution in [2.75, 3.05) is 0 Å². The summed E-state index contributed by atoms with van der Waals surface area (Å²) in [5.41, 5.74) is 2.21. The molecule has 1 heterocycles. The van der Waals surface area contributed by atoms with Crippen molar-refractivity contribution in [2.45, 2.75) is 19.5 Å². The van der Waals surface area contributed by atoms with Gasteiger partial charge in [-0.05, 0) is 57.6 Å². The molecule has 1 aromatic heterocycles. The first-order valence-corrected chi connectivity index (χ1v) is 7.04. The van der Waals surface area contributed by atoms with Gasteiger partial charge in [0.25, 0.3) is 0 Å². The molecule has 0 saturated carbocycles. The van der Waals surface area contributed by atoms with Crippen LogP contribution in [-0.4, -0.2) is 0 Å². The molecular formula is C13H13BrFNS. The largest absolute Gasteiger partial charge is 0.306 e. The van der Waals surface area contributed by atoms with E-state index in [0.717, 1.165) is 15.9 Å². The molecule has 4 heteroatoms. The number of hydrogen-bond acceptors (Lipinski definition) is 2. The van der Waals surface area contributed by atoms with Crippen LogP contribution in [0, 0.1) is 5.82 Å². The average Bonchev–Trinajstić information content (AvgIpc) is 2.72. The van der Waals surface area contributed by atoms with E-state index in [9.17, 15) is 4.39 Å². The lowest BCUT2D eigenvalue weighted by Crippen LogP contribution is -2.17. The molecule has 0 bridgehead atoms. The van der Waals surface area contributed by atoms with Gasteiger partial charge in [0.1, 0.15) is 5.82 Å². The third-order valence-corrected chi connectivity index (χ3v) is 4.14. The van der Waals surface area contributed by atoms with E-state index in [1.807, 2.05) is 13.0 Å². The van der Waals surface area contributed by atoms with Gasteiger partial charge in [0.2, 0.25) is 0 Å². The van der Waals surface area contributed by atoms with Crippen LogP contribution in [0.3, 0.4) is 0 Å². The number of rotatable bonds is 4. The first-order chi connectivity index (χ1) is 8.15. The van der Waals surface area contributed by atoms with Crippen molar-refractivity contribution in [3.05, 3.63) is 56.4 Å². The van der Waals surface area contributed by atoms with E-state index in [4.69, 9.17) is 0 Å². The Morgan fingerprint density at radius 2 is 2.24 bits per heavy atom. The molecule has 0 amide bonds. The molecule has 2 aromatic rings. The predicted molar refractivity (Wildman–Crippen MR) is 73.7 cm³/mol. The SMILES string of the molecule is C[C@@H](NCc1csc(Br)c1)c1cccc(F)c1. The zero-order chi connectivity index (χ0) is 12.3. The van der Waals surface area contributed by atoms with Crippen LogP contribution in [0.4, 0.5) is 4.39 Å². The first kappa shape index (κ1) is 12.7. The molecule has 0 radical (unpaired) electrons. The van der Waals surface area contributed by atoms with Crippen molar-refractivity contribution >= 4 is 27.3 Å². The lowest BCUT2D eigenvalue weighted by atomic mass is 10.1. The van der Waals surface area contributed by atoms with E-state index in [0.29, 0.717) is 0 Å².